The van der Waals surface area contributed by atoms with Crippen LogP contribution in [0.25, 0.3) is 0 Å². The highest BCUT2D eigenvalue weighted by atomic mass is 35.5. The Morgan fingerprint density at radius 1 is 1.62 bits per heavy atom. The minimum Gasteiger partial charge on any atom is -0.292 e. The zero-order valence-electron chi connectivity index (χ0n) is 7.59. The van der Waals surface area contributed by atoms with Crippen LogP contribution in [0, 0.1) is 0 Å². The van der Waals surface area contributed by atoms with Crippen molar-refractivity contribution in [1.82, 2.24) is 4.98 Å². The summed E-state index contributed by atoms with van der Waals surface area (Å²) in [6, 6.07) is 3.41. The van der Waals surface area contributed by atoms with E-state index in [1.165, 1.54) is 0 Å². The Labute approximate surface area is 82.9 Å². The van der Waals surface area contributed by atoms with Gasteiger partial charge in [0.1, 0.15) is 5.69 Å². The van der Waals surface area contributed by atoms with E-state index in [2.05, 4.69) is 4.98 Å². The van der Waals surface area contributed by atoms with E-state index in [-0.39, 0.29) is 5.78 Å². The molecular formula is C10H12ClNO. The van der Waals surface area contributed by atoms with Gasteiger partial charge >= 0.3 is 0 Å². The van der Waals surface area contributed by atoms with Crippen LogP contribution in [0.15, 0.2) is 18.3 Å². The van der Waals surface area contributed by atoms with Gasteiger partial charge < -0.3 is 0 Å². The summed E-state index contributed by atoms with van der Waals surface area (Å²) in [4.78, 5) is 15.4. The van der Waals surface area contributed by atoms with Crippen LogP contribution in [0.4, 0.5) is 0 Å². The molecule has 70 valence electrons. The SMILES string of the molecule is CCCCC(=O)c1ncccc1Cl. The van der Waals surface area contributed by atoms with Crippen molar-refractivity contribution in [2.24, 2.45) is 0 Å². The molecule has 13 heavy (non-hydrogen) atoms. The van der Waals surface area contributed by atoms with Crippen LogP contribution in [0.2, 0.25) is 5.02 Å². The monoisotopic (exact) mass is 197 g/mol. The third-order valence-electron chi connectivity index (χ3n) is 1.78. The lowest BCUT2D eigenvalue weighted by Gasteiger charge is -2.00. The van der Waals surface area contributed by atoms with Crippen molar-refractivity contribution in [3.8, 4) is 0 Å². The predicted molar refractivity (Wildman–Crippen MR) is 53.1 cm³/mol. The van der Waals surface area contributed by atoms with Crippen molar-refractivity contribution in [3.63, 3.8) is 0 Å². The topological polar surface area (TPSA) is 30.0 Å². The summed E-state index contributed by atoms with van der Waals surface area (Å²) in [5.41, 5.74) is 0.401. The molecule has 0 aliphatic rings. The Morgan fingerprint density at radius 3 is 3.00 bits per heavy atom. The van der Waals surface area contributed by atoms with Crippen molar-refractivity contribution >= 4 is 17.4 Å². The maximum absolute atomic E-state index is 11.5. The van der Waals surface area contributed by atoms with Gasteiger partial charge in [-0.25, -0.2) is 0 Å². The molecule has 2 nitrogen and oxygen atoms in total. The zero-order valence-corrected chi connectivity index (χ0v) is 8.34. The fraction of sp³-hybridized carbons (Fsp3) is 0.400. The van der Waals surface area contributed by atoms with Crippen molar-refractivity contribution in [2.45, 2.75) is 26.2 Å². The summed E-state index contributed by atoms with van der Waals surface area (Å²) in [7, 11) is 0. The van der Waals surface area contributed by atoms with Gasteiger partial charge in [0.15, 0.2) is 5.78 Å². The molecule has 0 fully saturated rings. The van der Waals surface area contributed by atoms with Gasteiger partial charge in [0.25, 0.3) is 0 Å². The van der Waals surface area contributed by atoms with E-state index in [0.717, 1.165) is 12.8 Å². The largest absolute Gasteiger partial charge is 0.292 e. The van der Waals surface area contributed by atoms with Crippen molar-refractivity contribution in [1.29, 1.82) is 0 Å². The summed E-state index contributed by atoms with van der Waals surface area (Å²) >= 11 is 5.81. The first-order chi connectivity index (χ1) is 6.25. The first-order valence-corrected chi connectivity index (χ1v) is 4.77. The fourth-order valence-electron chi connectivity index (χ4n) is 1.05. The lowest BCUT2D eigenvalue weighted by molar-refractivity contribution is 0.0975. The third-order valence-corrected chi connectivity index (χ3v) is 2.08. The molecule has 1 heterocycles. The van der Waals surface area contributed by atoms with Crippen molar-refractivity contribution in [2.75, 3.05) is 0 Å². The highest BCUT2D eigenvalue weighted by Crippen LogP contribution is 2.14. The van der Waals surface area contributed by atoms with Gasteiger partial charge in [-0.05, 0) is 18.6 Å². The molecule has 0 aromatic carbocycles. The molecule has 0 aliphatic heterocycles. The van der Waals surface area contributed by atoms with E-state index in [1.807, 2.05) is 6.92 Å². The van der Waals surface area contributed by atoms with Crippen molar-refractivity contribution < 1.29 is 4.79 Å². The molecule has 1 aromatic heterocycles. The molecule has 0 N–H and O–H groups in total. The minimum atomic E-state index is 0.0347. The number of unbranched alkanes of at least 4 members (excludes halogenated alkanes) is 1. The van der Waals surface area contributed by atoms with Crippen LogP contribution in [0.5, 0.6) is 0 Å². The zero-order chi connectivity index (χ0) is 9.68. The number of carbonyl (C=O) groups excluding carboxylic acids is 1. The Morgan fingerprint density at radius 2 is 2.38 bits per heavy atom. The van der Waals surface area contributed by atoms with Crippen molar-refractivity contribution in [3.05, 3.63) is 29.0 Å². The number of Topliss-reactive ketones (excluding diaryl/α,β-unsaturated/α-hetero) is 1. The smallest absolute Gasteiger partial charge is 0.182 e. The number of ketones is 1. The van der Waals surface area contributed by atoms with E-state index in [4.69, 9.17) is 11.6 Å². The molecule has 3 heteroatoms. The van der Waals surface area contributed by atoms with Crippen LogP contribution in [-0.4, -0.2) is 10.8 Å². The molecule has 0 bridgehead atoms. The van der Waals surface area contributed by atoms with Gasteiger partial charge in [0.2, 0.25) is 0 Å². The number of aromatic nitrogens is 1. The molecule has 0 saturated carbocycles. The molecule has 0 atom stereocenters. The summed E-state index contributed by atoms with van der Waals surface area (Å²) in [6.45, 7) is 2.05. The maximum atomic E-state index is 11.5. The van der Waals surface area contributed by atoms with Gasteiger partial charge in [-0.1, -0.05) is 24.9 Å². The van der Waals surface area contributed by atoms with Crippen LogP contribution in [0.1, 0.15) is 36.7 Å². The van der Waals surface area contributed by atoms with Crippen LogP contribution in [-0.2, 0) is 0 Å². The van der Waals surface area contributed by atoms with E-state index in [9.17, 15) is 4.79 Å². The normalized spacial score (nSPS) is 10.0. The lowest BCUT2D eigenvalue weighted by atomic mass is 10.1. The second-order valence-corrected chi connectivity index (χ2v) is 3.27. The summed E-state index contributed by atoms with van der Waals surface area (Å²) in [5, 5.41) is 0.448. The number of nitrogens with zero attached hydrogens (tertiary/aromatic N) is 1. The Hall–Kier alpha value is -0.890. The molecule has 0 unspecified atom stereocenters. The number of hydrogen-bond acceptors (Lipinski definition) is 2. The first kappa shape index (κ1) is 10.2. The van der Waals surface area contributed by atoms with E-state index in [0.29, 0.717) is 17.1 Å². The number of halogens is 1. The number of pyridine rings is 1. The molecule has 1 rings (SSSR count). The quantitative estimate of drug-likeness (QED) is 0.695. The summed E-state index contributed by atoms with van der Waals surface area (Å²) < 4.78 is 0. The predicted octanol–water partition coefficient (Wildman–Crippen LogP) is 3.11. The van der Waals surface area contributed by atoms with Crippen LogP contribution < -0.4 is 0 Å². The summed E-state index contributed by atoms with van der Waals surface area (Å²) in [6.07, 6.45) is 4.03. The standard InChI is InChI=1S/C10H12ClNO/c1-2-3-6-9(13)10-8(11)5-4-7-12-10/h4-5,7H,2-3,6H2,1H3. The van der Waals surface area contributed by atoms with E-state index >= 15 is 0 Å². The summed E-state index contributed by atoms with van der Waals surface area (Å²) in [5.74, 6) is 0.0347. The molecular weight excluding hydrogens is 186 g/mol. The average Bonchev–Trinajstić information content (AvgIpc) is 2.15. The van der Waals surface area contributed by atoms with Gasteiger partial charge in [-0.15, -0.1) is 0 Å². The molecule has 0 aliphatic carbocycles. The van der Waals surface area contributed by atoms with E-state index in [1.54, 1.807) is 18.3 Å². The number of carbonyl (C=O) groups is 1. The molecule has 0 spiro atoms. The Balaban J connectivity index is 2.71. The fourth-order valence-corrected chi connectivity index (χ4v) is 1.27. The maximum Gasteiger partial charge on any atom is 0.182 e. The van der Waals surface area contributed by atoms with Gasteiger partial charge in [-0.2, -0.15) is 0 Å². The highest BCUT2D eigenvalue weighted by Gasteiger charge is 2.09. The molecule has 0 saturated heterocycles. The molecule has 1 aromatic rings. The first-order valence-electron chi connectivity index (χ1n) is 4.39. The van der Waals surface area contributed by atoms with E-state index < -0.39 is 0 Å². The molecule has 0 amide bonds. The molecule has 0 radical (unpaired) electrons. The second-order valence-electron chi connectivity index (χ2n) is 2.86. The minimum absolute atomic E-state index is 0.0347. The second kappa shape index (κ2) is 4.97. The highest BCUT2D eigenvalue weighted by molar-refractivity contribution is 6.33. The van der Waals surface area contributed by atoms with Gasteiger partial charge in [0.05, 0.1) is 5.02 Å². The number of hydrogen-bond donors (Lipinski definition) is 0. The Bertz CT molecular complexity index is 299. The number of rotatable bonds is 4. The van der Waals surface area contributed by atoms with Gasteiger partial charge in [-0.3, -0.25) is 9.78 Å². The lowest BCUT2D eigenvalue weighted by Crippen LogP contribution is -2.02. The Kier molecular flexibility index (Phi) is 3.90. The third kappa shape index (κ3) is 2.81. The van der Waals surface area contributed by atoms with Crippen LogP contribution >= 0.6 is 11.6 Å². The average molecular weight is 198 g/mol. The van der Waals surface area contributed by atoms with Crippen LogP contribution in [0.3, 0.4) is 0 Å². The van der Waals surface area contributed by atoms with Gasteiger partial charge in [0, 0.05) is 12.6 Å².